The molecule has 2 aromatic heterocycles. The molecule has 2 heterocycles. The van der Waals surface area contributed by atoms with Crippen LogP contribution in [0.15, 0.2) is 16.8 Å². The highest BCUT2D eigenvalue weighted by Crippen LogP contribution is 2.39. The van der Waals surface area contributed by atoms with Crippen LogP contribution in [0.25, 0.3) is 22.4 Å². The molecule has 3 rings (SSSR count). The molecule has 0 unspecified atom stereocenters. The van der Waals surface area contributed by atoms with Crippen molar-refractivity contribution in [3.8, 4) is 17.3 Å². The van der Waals surface area contributed by atoms with Gasteiger partial charge in [0.05, 0.1) is 24.4 Å². The fourth-order valence-electron chi connectivity index (χ4n) is 2.17. The van der Waals surface area contributed by atoms with Crippen LogP contribution in [0.2, 0.25) is 0 Å². The van der Waals surface area contributed by atoms with Crippen LogP contribution in [0.3, 0.4) is 0 Å². The SMILES string of the molecule is COC.COc1cnc2cc(C)c(C)c(-c3noc(C(Cl)(Cl)Cl)n3)c2n1. The number of alkyl halides is 3. The summed E-state index contributed by atoms with van der Waals surface area (Å²) >= 11 is 17.3. The summed E-state index contributed by atoms with van der Waals surface area (Å²) in [7, 11) is 4.77. The van der Waals surface area contributed by atoms with Crippen LogP contribution in [0.5, 0.6) is 5.88 Å². The maximum Gasteiger partial charge on any atom is 0.279 e. The molecule has 10 heteroatoms. The molecular formula is C16H17Cl3N4O3. The normalized spacial score (nSPS) is 11.2. The van der Waals surface area contributed by atoms with Crippen molar-refractivity contribution >= 4 is 45.8 Å². The van der Waals surface area contributed by atoms with Crippen molar-refractivity contribution in [1.29, 1.82) is 0 Å². The molecule has 0 aliphatic heterocycles. The van der Waals surface area contributed by atoms with Crippen LogP contribution in [-0.2, 0) is 8.53 Å². The van der Waals surface area contributed by atoms with Gasteiger partial charge in [0.2, 0.25) is 11.7 Å². The van der Waals surface area contributed by atoms with E-state index in [9.17, 15) is 0 Å². The van der Waals surface area contributed by atoms with E-state index in [2.05, 4.69) is 24.8 Å². The Balaban J connectivity index is 0.000000758. The van der Waals surface area contributed by atoms with Crippen molar-refractivity contribution in [3.63, 3.8) is 0 Å². The second kappa shape index (κ2) is 8.35. The zero-order valence-corrected chi connectivity index (χ0v) is 17.1. The number of hydrogen-bond donors (Lipinski definition) is 0. The highest BCUT2D eigenvalue weighted by Gasteiger charge is 2.31. The van der Waals surface area contributed by atoms with Gasteiger partial charge >= 0.3 is 0 Å². The van der Waals surface area contributed by atoms with E-state index in [0.717, 1.165) is 11.1 Å². The minimum atomic E-state index is -1.79. The summed E-state index contributed by atoms with van der Waals surface area (Å²) in [5, 5.41) is 3.91. The Bertz CT molecular complexity index is 910. The zero-order valence-electron chi connectivity index (χ0n) is 14.8. The fourth-order valence-corrected chi connectivity index (χ4v) is 2.40. The van der Waals surface area contributed by atoms with Crippen LogP contribution in [0, 0.1) is 13.8 Å². The molecule has 0 aliphatic carbocycles. The predicted molar refractivity (Wildman–Crippen MR) is 101 cm³/mol. The molecule has 0 bridgehead atoms. The van der Waals surface area contributed by atoms with Gasteiger partial charge in [0.15, 0.2) is 0 Å². The van der Waals surface area contributed by atoms with E-state index in [1.807, 2.05) is 19.9 Å². The highest BCUT2D eigenvalue weighted by molar-refractivity contribution is 6.66. The van der Waals surface area contributed by atoms with Crippen LogP contribution >= 0.6 is 34.8 Å². The van der Waals surface area contributed by atoms with Gasteiger partial charge < -0.3 is 14.0 Å². The molecular weight excluding hydrogens is 403 g/mol. The summed E-state index contributed by atoms with van der Waals surface area (Å²) < 4.78 is 12.6. The number of fused-ring (bicyclic) bond motifs is 1. The fraction of sp³-hybridized carbons (Fsp3) is 0.375. The average molecular weight is 420 g/mol. The van der Waals surface area contributed by atoms with Gasteiger partial charge in [-0.15, -0.1) is 0 Å². The van der Waals surface area contributed by atoms with E-state index in [1.165, 1.54) is 7.11 Å². The monoisotopic (exact) mass is 418 g/mol. The van der Waals surface area contributed by atoms with Gasteiger partial charge in [-0.25, -0.2) is 9.97 Å². The Labute approximate surface area is 165 Å². The van der Waals surface area contributed by atoms with E-state index in [4.69, 9.17) is 44.1 Å². The van der Waals surface area contributed by atoms with Gasteiger partial charge in [-0.1, -0.05) is 40.0 Å². The van der Waals surface area contributed by atoms with Crippen molar-refractivity contribution in [2.45, 2.75) is 17.6 Å². The minimum absolute atomic E-state index is 0.109. The molecule has 26 heavy (non-hydrogen) atoms. The number of aryl methyl sites for hydroxylation is 1. The summed E-state index contributed by atoms with van der Waals surface area (Å²) in [5.74, 6) is 0.551. The number of hydrogen-bond acceptors (Lipinski definition) is 7. The van der Waals surface area contributed by atoms with Crippen LogP contribution < -0.4 is 4.74 Å². The smallest absolute Gasteiger partial charge is 0.279 e. The first kappa shape index (κ1) is 20.6. The molecule has 0 spiro atoms. The van der Waals surface area contributed by atoms with Crippen molar-refractivity contribution in [1.82, 2.24) is 20.1 Å². The summed E-state index contributed by atoms with van der Waals surface area (Å²) in [6, 6.07) is 1.93. The number of aromatic nitrogens is 4. The Kier molecular flexibility index (Phi) is 6.63. The minimum Gasteiger partial charge on any atom is -0.480 e. The molecule has 0 aliphatic rings. The lowest BCUT2D eigenvalue weighted by Crippen LogP contribution is -2.01. The van der Waals surface area contributed by atoms with Crippen LogP contribution in [-0.4, -0.2) is 41.4 Å². The van der Waals surface area contributed by atoms with E-state index < -0.39 is 3.79 Å². The van der Waals surface area contributed by atoms with Crippen molar-refractivity contribution < 1.29 is 14.0 Å². The van der Waals surface area contributed by atoms with E-state index in [-0.39, 0.29) is 11.7 Å². The summed E-state index contributed by atoms with van der Waals surface area (Å²) in [6.07, 6.45) is 1.55. The topological polar surface area (TPSA) is 83.2 Å². The lowest BCUT2D eigenvalue weighted by molar-refractivity contribution is 0.277. The quantitative estimate of drug-likeness (QED) is 0.569. The van der Waals surface area contributed by atoms with E-state index in [0.29, 0.717) is 22.5 Å². The maximum atomic E-state index is 5.78. The number of nitrogens with zero attached hydrogens (tertiary/aromatic N) is 4. The molecule has 0 fully saturated rings. The number of methoxy groups -OCH3 is 2. The number of ether oxygens (including phenoxy) is 2. The molecule has 0 atom stereocenters. The first-order valence-corrected chi connectivity index (χ1v) is 8.48. The predicted octanol–water partition coefficient (Wildman–Crippen LogP) is 4.39. The molecule has 3 aromatic rings. The average Bonchev–Trinajstić information content (AvgIpc) is 3.06. The van der Waals surface area contributed by atoms with Gasteiger partial charge in [0.1, 0.15) is 5.52 Å². The second-order valence-corrected chi connectivity index (χ2v) is 7.58. The van der Waals surface area contributed by atoms with Gasteiger partial charge in [-0.05, 0) is 31.0 Å². The summed E-state index contributed by atoms with van der Waals surface area (Å²) in [4.78, 5) is 13.0. The lowest BCUT2D eigenvalue weighted by atomic mass is 10.0. The molecule has 0 saturated carbocycles. The maximum absolute atomic E-state index is 5.78. The largest absolute Gasteiger partial charge is 0.480 e. The Morgan fingerprint density at radius 2 is 1.73 bits per heavy atom. The third-order valence-corrected chi connectivity index (χ3v) is 3.92. The van der Waals surface area contributed by atoms with Crippen molar-refractivity contribution in [2.75, 3.05) is 21.3 Å². The Morgan fingerprint density at radius 1 is 1.08 bits per heavy atom. The molecule has 1 aromatic carbocycles. The zero-order chi connectivity index (χ0) is 19.5. The summed E-state index contributed by atoms with van der Waals surface area (Å²) in [6.45, 7) is 3.89. The van der Waals surface area contributed by atoms with Crippen molar-refractivity contribution in [2.24, 2.45) is 0 Å². The number of rotatable bonds is 2. The van der Waals surface area contributed by atoms with E-state index >= 15 is 0 Å². The van der Waals surface area contributed by atoms with Gasteiger partial charge in [-0.2, -0.15) is 4.98 Å². The first-order chi connectivity index (χ1) is 12.2. The number of benzene rings is 1. The molecule has 0 radical (unpaired) electrons. The molecule has 140 valence electrons. The Hall–Kier alpha value is -1.67. The van der Waals surface area contributed by atoms with Crippen molar-refractivity contribution in [3.05, 3.63) is 29.3 Å². The molecule has 0 saturated heterocycles. The lowest BCUT2D eigenvalue weighted by Gasteiger charge is -2.10. The third-order valence-electron chi connectivity index (χ3n) is 3.44. The van der Waals surface area contributed by atoms with Gasteiger partial charge in [0, 0.05) is 14.2 Å². The third kappa shape index (κ3) is 4.35. The standard InChI is InChI=1S/C14H11Cl3N4O2.C2H6O/c1-6-4-8-11(19-9(22-3)5-18-8)10(7(6)2)12-20-13(23-21-12)14(15,16)17;1-3-2/h4-5H,1-3H3;1-2H3. The molecule has 0 amide bonds. The highest BCUT2D eigenvalue weighted by atomic mass is 35.6. The van der Waals surface area contributed by atoms with Crippen LogP contribution in [0.1, 0.15) is 17.0 Å². The summed E-state index contributed by atoms with van der Waals surface area (Å²) in [5.41, 5.74) is 3.87. The van der Waals surface area contributed by atoms with Gasteiger partial charge in [-0.3, -0.25) is 0 Å². The molecule has 7 nitrogen and oxygen atoms in total. The molecule has 0 N–H and O–H groups in total. The number of halogens is 3. The second-order valence-electron chi connectivity index (χ2n) is 5.30. The first-order valence-electron chi connectivity index (χ1n) is 7.35. The van der Waals surface area contributed by atoms with E-state index in [1.54, 1.807) is 20.4 Å². The van der Waals surface area contributed by atoms with Crippen LogP contribution in [0.4, 0.5) is 0 Å². The Morgan fingerprint density at radius 3 is 2.27 bits per heavy atom. The van der Waals surface area contributed by atoms with Gasteiger partial charge in [0.25, 0.3) is 9.68 Å².